The van der Waals surface area contributed by atoms with Crippen molar-refractivity contribution in [1.82, 2.24) is 4.90 Å². The lowest BCUT2D eigenvalue weighted by Gasteiger charge is -2.36. The maximum Gasteiger partial charge on any atom is 0.293 e. The summed E-state index contributed by atoms with van der Waals surface area (Å²) in [5.41, 5.74) is 1.27. The summed E-state index contributed by atoms with van der Waals surface area (Å²) in [4.78, 5) is 1.23. The molecular formula is C19H19F2NO4. The number of allylic oxidation sites excluding steroid dienone is 2. The topological polar surface area (TPSA) is 55.1 Å². The van der Waals surface area contributed by atoms with E-state index in [1.807, 2.05) is 25.1 Å². The molecule has 5 nitrogen and oxygen atoms in total. The summed E-state index contributed by atoms with van der Waals surface area (Å²) in [5, 5.41) is 11.4. The van der Waals surface area contributed by atoms with Gasteiger partial charge in [-0.25, -0.2) is 8.78 Å². The number of alkyl halides is 2. The lowest BCUT2D eigenvalue weighted by atomic mass is 10.1. The van der Waals surface area contributed by atoms with Crippen molar-refractivity contribution in [1.29, 1.82) is 0 Å². The minimum Gasteiger partial charge on any atom is -0.489 e. The number of halogens is 2. The highest BCUT2D eigenvalue weighted by Crippen LogP contribution is 2.33. The van der Waals surface area contributed by atoms with Crippen LogP contribution in [0.4, 0.5) is 8.78 Å². The number of aryl methyl sites for hydroxylation is 1. The van der Waals surface area contributed by atoms with E-state index < -0.39 is 24.8 Å². The van der Waals surface area contributed by atoms with Gasteiger partial charge in [-0.1, -0.05) is 6.08 Å². The van der Waals surface area contributed by atoms with Gasteiger partial charge in [-0.2, -0.15) is 0 Å². The third-order valence-electron chi connectivity index (χ3n) is 4.62. The van der Waals surface area contributed by atoms with Gasteiger partial charge in [-0.05, 0) is 37.3 Å². The molecule has 2 unspecified atom stereocenters. The van der Waals surface area contributed by atoms with Crippen LogP contribution in [0.15, 0.2) is 52.6 Å². The minimum absolute atomic E-state index is 0.0868. The van der Waals surface area contributed by atoms with Crippen molar-refractivity contribution in [2.24, 2.45) is 0 Å². The summed E-state index contributed by atoms with van der Waals surface area (Å²) >= 11 is 0. The second-order valence-electron chi connectivity index (χ2n) is 6.54. The van der Waals surface area contributed by atoms with Crippen molar-refractivity contribution in [2.75, 3.05) is 19.8 Å². The number of aliphatic hydroxyl groups is 1. The first-order valence-electron chi connectivity index (χ1n) is 8.35. The first-order chi connectivity index (χ1) is 12.4. The van der Waals surface area contributed by atoms with Crippen molar-refractivity contribution in [3.63, 3.8) is 0 Å². The SMILES string of the molecule is Cc1cc2cc(OCC3=CC=CN(C4COCC4(F)F)C3O)ccc2o1. The summed E-state index contributed by atoms with van der Waals surface area (Å²) in [6.07, 6.45) is 3.58. The molecule has 1 fully saturated rings. The lowest BCUT2D eigenvalue weighted by Crippen LogP contribution is -2.50. The molecule has 1 saturated heterocycles. The van der Waals surface area contributed by atoms with Crippen LogP contribution in [0.3, 0.4) is 0 Å². The van der Waals surface area contributed by atoms with E-state index in [-0.39, 0.29) is 13.2 Å². The van der Waals surface area contributed by atoms with Crippen LogP contribution in [-0.2, 0) is 4.74 Å². The number of benzene rings is 1. The molecule has 2 aliphatic rings. The second kappa shape index (κ2) is 6.41. The van der Waals surface area contributed by atoms with Crippen molar-refractivity contribution < 1.29 is 27.8 Å². The number of ether oxygens (including phenoxy) is 2. The van der Waals surface area contributed by atoms with Crippen LogP contribution >= 0.6 is 0 Å². The van der Waals surface area contributed by atoms with Gasteiger partial charge < -0.3 is 23.9 Å². The summed E-state index contributed by atoms with van der Waals surface area (Å²) in [7, 11) is 0. The first-order valence-corrected chi connectivity index (χ1v) is 8.35. The molecule has 26 heavy (non-hydrogen) atoms. The highest BCUT2D eigenvalue weighted by atomic mass is 19.3. The normalized spacial score (nSPS) is 24.9. The van der Waals surface area contributed by atoms with Gasteiger partial charge in [0, 0.05) is 17.2 Å². The Hall–Kier alpha value is -2.38. The Morgan fingerprint density at radius 1 is 1.35 bits per heavy atom. The van der Waals surface area contributed by atoms with Crippen LogP contribution < -0.4 is 4.74 Å². The Kier molecular flexibility index (Phi) is 4.20. The Labute approximate surface area is 149 Å². The zero-order chi connectivity index (χ0) is 18.3. The summed E-state index contributed by atoms with van der Waals surface area (Å²) in [6.45, 7) is 1.20. The molecule has 2 aromatic rings. The van der Waals surface area contributed by atoms with Crippen molar-refractivity contribution in [2.45, 2.75) is 25.1 Å². The van der Waals surface area contributed by atoms with Gasteiger partial charge in [-0.3, -0.25) is 0 Å². The second-order valence-corrected chi connectivity index (χ2v) is 6.54. The van der Waals surface area contributed by atoms with Crippen LogP contribution in [0, 0.1) is 6.92 Å². The highest BCUT2D eigenvalue weighted by Gasteiger charge is 2.49. The third kappa shape index (κ3) is 3.08. The van der Waals surface area contributed by atoms with Gasteiger partial charge in [0.05, 0.1) is 6.61 Å². The molecule has 0 amide bonds. The molecule has 2 atom stereocenters. The standard InChI is InChI=1S/C19H19F2NO4/c1-12-7-14-8-15(4-5-16(14)26-12)25-9-13-3-2-6-22(18(13)23)17-10-24-11-19(17,20)21/h2-8,17-18,23H,9-11H2,1H3. The van der Waals surface area contributed by atoms with E-state index in [0.29, 0.717) is 11.3 Å². The quantitative estimate of drug-likeness (QED) is 0.904. The van der Waals surface area contributed by atoms with Gasteiger partial charge in [0.1, 0.15) is 36.3 Å². The Morgan fingerprint density at radius 3 is 2.96 bits per heavy atom. The van der Waals surface area contributed by atoms with Crippen molar-refractivity contribution in [3.8, 4) is 5.75 Å². The van der Waals surface area contributed by atoms with E-state index in [1.165, 1.54) is 11.1 Å². The van der Waals surface area contributed by atoms with E-state index in [0.717, 1.165) is 16.7 Å². The average molecular weight is 363 g/mol. The fourth-order valence-corrected chi connectivity index (χ4v) is 3.26. The molecule has 138 valence electrons. The predicted molar refractivity (Wildman–Crippen MR) is 91.1 cm³/mol. The molecule has 1 aromatic heterocycles. The van der Waals surface area contributed by atoms with Crippen molar-refractivity contribution >= 4 is 11.0 Å². The fraction of sp³-hybridized carbons (Fsp3) is 0.368. The largest absolute Gasteiger partial charge is 0.489 e. The average Bonchev–Trinajstić information content (AvgIpc) is 3.14. The number of hydrogen-bond acceptors (Lipinski definition) is 5. The van der Waals surface area contributed by atoms with E-state index in [1.54, 1.807) is 18.2 Å². The molecule has 0 spiro atoms. The molecule has 0 aliphatic carbocycles. The maximum absolute atomic E-state index is 13.9. The molecule has 0 radical (unpaired) electrons. The van der Waals surface area contributed by atoms with Crippen LogP contribution in [-0.4, -0.2) is 48.0 Å². The lowest BCUT2D eigenvalue weighted by molar-refractivity contribution is -0.0786. The maximum atomic E-state index is 13.9. The number of furan rings is 1. The van der Waals surface area contributed by atoms with Crippen LogP contribution in [0.5, 0.6) is 5.75 Å². The Bertz CT molecular complexity index is 874. The van der Waals surface area contributed by atoms with Crippen LogP contribution in [0.1, 0.15) is 5.76 Å². The number of fused-ring (bicyclic) bond motifs is 1. The fourth-order valence-electron chi connectivity index (χ4n) is 3.26. The molecule has 0 saturated carbocycles. The van der Waals surface area contributed by atoms with E-state index >= 15 is 0 Å². The molecule has 3 heterocycles. The summed E-state index contributed by atoms with van der Waals surface area (Å²) < 4.78 is 44.0. The third-order valence-corrected chi connectivity index (χ3v) is 4.62. The summed E-state index contributed by atoms with van der Waals surface area (Å²) in [6, 6.07) is 6.14. The van der Waals surface area contributed by atoms with Gasteiger partial charge in [-0.15, -0.1) is 0 Å². The Balaban J connectivity index is 1.45. The smallest absolute Gasteiger partial charge is 0.293 e. The van der Waals surface area contributed by atoms with Gasteiger partial charge >= 0.3 is 0 Å². The zero-order valence-corrected chi connectivity index (χ0v) is 14.2. The van der Waals surface area contributed by atoms with Gasteiger partial charge in [0.25, 0.3) is 5.92 Å². The first kappa shape index (κ1) is 17.1. The van der Waals surface area contributed by atoms with E-state index in [2.05, 4.69) is 0 Å². The molecule has 1 aromatic carbocycles. The number of hydrogen-bond donors (Lipinski definition) is 1. The minimum atomic E-state index is -3.00. The van der Waals surface area contributed by atoms with E-state index in [4.69, 9.17) is 13.9 Å². The number of nitrogens with zero attached hydrogens (tertiary/aromatic N) is 1. The predicted octanol–water partition coefficient (Wildman–Crippen LogP) is 3.23. The summed E-state index contributed by atoms with van der Waals surface area (Å²) in [5.74, 6) is -1.58. The van der Waals surface area contributed by atoms with Gasteiger partial charge in [0.15, 0.2) is 6.23 Å². The molecule has 2 aliphatic heterocycles. The van der Waals surface area contributed by atoms with Crippen LogP contribution in [0.25, 0.3) is 11.0 Å². The highest BCUT2D eigenvalue weighted by molar-refractivity contribution is 5.79. The monoisotopic (exact) mass is 363 g/mol. The van der Waals surface area contributed by atoms with Gasteiger partial charge in [0.2, 0.25) is 0 Å². The number of aliphatic hydroxyl groups excluding tert-OH is 1. The van der Waals surface area contributed by atoms with E-state index in [9.17, 15) is 13.9 Å². The number of rotatable bonds is 4. The molecule has 4 rings (SSSR count). The molecule has 1 N–H and O–H groups in total. The molecular weight excluding hydrogens is 344 g/mol. The zero-order valence-electron chi connectivity index (χ0n) is 14.2. The molecule has 7 heteroatoms. The van der Waals surface area contributed by atoms with Crippen LogP contribution in [0.2, 0.25) is 0 Å². The van der Waals surface area contributed by atoms with Crippen molar-refractivity contribution in [3.05, 3.63) is 54.0 Å². The molecule has 0 bridgehead atoms. The Morgan fingerprint density at radius 2 is 2.19 bits per heavy atom.